The van der Waals surface area contributed by atoms with Crippen molar-refractivity contribution < 1.29 is 9.66 Å². The van der Waals surface area contributed by atoms with Crippen LogP contribution in [0.3, 0.4) is 0 Å². The molecule has 2 aromatic heterocycles. The molecule has 10 heteroatoms. The zero-order valence-electron chi connectivity index (χ0n) is 13.7. The summed E-state index contributed by atoms with van der Waals surface area (Å²) in [6.45, 7) is 2.29. The van der Waals surface area contributed by atoms with Crippen molar-refractivity contribution >= 4 is 17.4 Å². The van der Waals surface area contributed by atoms with Crippen molar-refractivity contribution in [2.75, 3.05) is 0 Å². The second-order valence-corrected chi connectivity index (χ2v) is 6.19. The lowest BCUT2D eigenvalue weighted by Gasteiger charge is -2.08. The second kappa shape index (κ2) is 7.34. The Labute approximate surface area is 147 Å². The van der Waals surface area contributed by atoms with Gasteiger partial charge < -0.3 is 9.30 Å². The Kier molecular flexibility index (Phi) is 4.98. The van der Waals surface area contributed by atoms with Crippen LogP contribution < -0.4 is 4.74 Å². The van der Waals surface area contributed by atoms with Crippen LogP contribution in [0.2, 0.25) is 0 Å². The van der Waals surface area contributed by atoms with Gasteiger partial charge in [0, 0.05) is 7.05 Å². The predicted molar refractivity (Wildman–Crippen MR) is 91.3 cm³/mol. The van der Waals surface area contributed by atoms with E-state index in [-0.39, 0.29) is 5.69 Å². The first-order chi connectivity index (χ1) is 12.0. The summed E-state index contributed by atoms with van der Waals surface area (Å²) in [6, 6.07) is 7.77. The number of aromatic nitrogens is 5. The lowest BCUT2D eigenvalue weighted by molar-refractivity contribution is -0.385. The van der Waals surface area contributed by atoms with E-state index in [1.165, 1.54) is 28.8 Å². The third-order valence-corrected chi connectivity index (χ3v) is 4.54. The van der Waals surface area contributed by atoms with Gasteiger partial charge in [0.15, 0.2) is 11.0 Å². The number of benzene rings is 1. The molecule has 130 valence electrons. The number of aryl methyl sites for hydroxylation is 1. The van der Waals surface area contributed by atoms with Gasteiger partial charge in [-0.25, -0.2) is 0 Å². The Morgan fingerprint density at radius 3 is 2.84 bits per heavy atom. The topological polar surface area (TPSA) is 101 Å². The van der Waals surface area contributed by atoms with Crippen molar-refractivity contribution in [2.24, 2.45) is 7.05 Å². The quantitative estimate of drug-likeness (QED) is 0.362. The molecule has 0 fully saturated rings. The molecule has 0 saturated heterocycles. The first-order valence-electron chi connectivity index (χ1n) is 7.41. The van der Waals surface area contributed by atoms with Crippen molar-refractivity contribution in [1.82, 2.24) is 24.5 Å². The highest BCUT2D eigenvalue weighted by atomic mass is 32.2. The maximum atomic E-state index is 10.7. The third-order valence-electron chi connectivity index (χ3n) is 3.53. The van der Waals surface area contributed by atoms with Gasteiger partial charge in [-0.2, -0.15) is 5.10 Å². The molecule has 25 heavy (non-hydrogen) atoms. The summed E-state index contributed by atoms with van der Waals surface area (Å²) in [5, 5.41) is 23.6. The maximum absolute atomic E-state index is 10.7. The molecule has 0 N–H and O–H groups in total. The zero-order chi connectivity index (χ0) is 17.8. The maximum Gasteiger partial charge on any atom is 0.307 e. The lowest BCUT2D eigenvalue weighted by Crippen LogP contribution is -2.05. The largest absolute Gasteiger partial charge is 0.485 e. The van der Waals surface area contributed by atoms with Crippen molar-refractivity contribution in [3.63, 3.8) is 0 Å². The van der Waals surface area contributed by atoms with E-state index in [0.29, 0.717) is 23.5 Å². The van der Waals surface area contributed by atoms with Gasteiger partial charge in [-0.05, 0) is 18.6 Å². The van der Waals surface area contributed by atoms with Crippen molar-refractivity contribution in [3.05, 3.63) is 58.2 Å². The van der Waals surface area contributed by atoms with E-state index in [4.69, 9.17) is 4.74 Å². The Balaban J connectivity index is 1.60. The smallest absolute Gasteiger partial charge is 0.307 e. The van der Waals surface area contributed by atoms with Gasteiger partial charge in [-0.15, -0.1) is 10.2 Å². The monoisotopic (exact) mass is 360 g/mol. The number of thioether (sulfide) groups is 1. The highest BCUT2D eigenvalue weighted by Gasteiger charge is 2.13. The molecule has 0 aliphatic heterocycles. The van der Waals surface area contributed by atoms with Gasteiger partial charge in [-0.1, -0.05) is 30.0 Å². The number of rotatable bonds is 7. The minimum Gasteiger partial charge on any atom is -0.485 e. The van der Waals surface area contributed by atoms with Crippen LogP contribution >= 0.6 is 11.8 Å². The zero-order valence-corrected chi connectivity index (χ0v) is 14.5. The average Bonchev–Trinajstić information content (AvgIpc) is 3.20. The summed E-state index contributed by atoms with van der Waals surface area (Å²) in [5.74, 6) is 1.90. The predicted octanol–water partition coefficient (Wildman–Crippen LogP) is 2.56. The summed E-state index contributed by atoms with van der Waals surface area (Å²) < 4.78 is 9.11. The van der Waals surface area contributed by atoms with E-state index in [9.17, 15) is 10.1 Å². The number of ether oxygens (including phenoxy) is 1. The van der Waals surface area contributed by atoms with Crippen molar-refractivity contribution in [3.8, 4) is 5.75 Å². The van der Waals surface area contributed by atoms with Gasteiger partial charge in [-0.3, -0.25) is 14.8 Å². The minimum atomic E-state index is -0.475. The standard InChI is InChI=1S/C15H16N6O3S/c1-11-5-3-4-6-13(11)24-9-14-17-18-15(19(14)2)25-10-20-8-12(7-16-20)21(22)23/h3-8H,9-10H2,1-2H3. The fourth-order valence-corrected chi connectivity index (χ4v) is 2.89. The van der Waals surface area contributed by atoms with Crippen LogP contribution in [0, 0.1) is 17.0 Å². The number of nitro groups is 1. The third kappa shape index (κ3) is 3.97. The molecule has 0 spiro atoms. The Hall–Kier alpha value is -2.88. The van der Waals surface area contributed by atoms with Crippen molar-refractivity contribution in [2.45, 2.75) is 24.6 Å². The van der Waals surface area contributed by atoms with Gasteiger partial charge in [0.05, 0.1) is 10.8 Å². The van der Waals surface area contributed by atoms with Crippen LogP contribution in [-0.2, 0) is 19.5 Å². The molecule has 0 bridgehead atoms. The molecule has 0 amide bonds. The van der Waals surface area contributed by atoms with Crippen LogP contribution in [0.15, 0.2) is 41.8 Å². The molecule has 0 aliphatic rings. The number of hydrogen-bond acceptors (Lipinski definition) is 7. The van der Waals surface area contributed by atoms with Crippen LogP contribution in [0.25, 0.3) is 0 Å². The van der Waals surface area contributed by atoms with E-state index in [2.05, 4.69) is 15.3 Å². The van der Waals surface area contributed by atoms with Crippen molar-refractivity contribution in [1.29, 1.82) is 0 Å². The Morgan fingerprint density at radius 2 is 2.12 bits per heavy atom. The molecule has 9 nitrogen and oxygen atoms in total. The highest BCUT2D eigenvalue weighted by Crippen LogP contribution is 2.21. The average molecular weight is 360 g/mol. The number of para-hydroxylation sites is 1. The molecule has 0 atom stereocenters. The number of nitrogens with zero attached hydrogens (tertiary/aromatic N) is 6. The molecule has 3 aromatic rings. The van der Waals surface area contributed by atoms with Gasteiger partial charge in [0.1, 0.15) is 24.8 Å². The van der Waals surface area contributed by atoms with E-state index in [1.807, 2.05) is 42.8 Å². The summed E-state index contributed by atoms with van der Waals surface area (Å²) in [6.07, 6.45) is 2.60. The van der Waals surface area contributed by atoms with E-state index in [1.54, 1.807) is 0 Å². The molecule has 3 rings (SSSR count). The molecule has 0 radical (unpaired) electrons. The van der Waals surface area contributed by atoms with Crippen LogP contribution in [0.4, 0.5) is 5.69 Å². The van der Waals surface area contributed by atoms with Gasteiger partial charge in [0.2, 0.25) is 0 Å². The Bertz CT molecular complexity index is 891. The molecular formula is C15H16N6O3S. The van der Waals surface area contributed by atoms with Gasteiger partial charge in [0.25, 0.3) is 0 Å². The van der Waals surface area contributed by atoms with Crippen LogP contribution in [0.5, 0.6) is 5.75 Å². The minimum absolute atomic E-state index is 0.0362. The SMILES string of the molecule is Cc1ccccc1OCc1nnc(SCn2cc([N+](=O)[O-])cn2)n1C. The lowest BCUT2D eigenvalue weighted by atomic mass is 10.2. The first-order valence-corrected chi connectivity index (χ1v) is 8.39. The number of hydrogen-bond donors (Lipinski definition) is 0. The summed E-state index contributed by atoms with van der Waals surface area (Å²) in [5.41, 5.74) is 1.02. The molecular weight excluding hydrogens is 344 g/mol. The molecule has 2 heterocycles. The summed E-state index contributed by atoms with van der Waals surface area (Å²) in [4.78, 5) is 10.2. The second-order valence-electron chi connectivity index (χ2n) is 5.28. The fourth-order valence-electron chi connectivity index (χ4n) is 2.10. The Morgan fingerprint density at radius 1 is 1.32 bits per heavy atom. The highest BCUT2D eigenvalue weighted by molar-refractivity contribution is 7.98. The molecule has 0 saturated carbocycles. The van der Waals surface area contributed by atoms with Gasteiger partial charge >= 0.3 is 5.69 Å². The fraction of sp³-hybridized carbons (Fsp3) is 0.267. The molecule has 0 aliphatic carbocycles. The summed E-state index contributed by atoms with van der Waals surface area (Å²) in [7, 11) is 1.85. The summed E-state index contributed by atoms with van der Waals surface area (Å²) >= 11 is 1.38. The van der Waals surface area contributed by atoms with Crippen LogP contribution in [-0.4, -0.2) is 29.5 Å². The first kappa shape index (κ1) is 17.0. The van der Waals surface area contributed by atoms with Crippen LogP contribution in [0.1, 0.15) is 11.4 Å². The van der Waals surface area contributed by atoms with E-state index >= 15 is 0 Å². The van der Waals surface area contributed by atoms with E-state index < -0.39 is 4.92 Å². The van der Waals surface area contributed by atoms with E-state index in [0.717, 1.165) is 11.3 Å². The molecule has 1 aromatic carbocycles. The molecule has 0 unspecified atom stereocenters. The normalized spacial score (nSPS) is 10.8.